The molecule has 3 nitrogen and oxygen atoms in total. The Morgan fingerprint density at radius 2 is 1.79 bits per heavy atom. The van der Waals surface area contributed by atoms with Crippen molar-refractivity contribution < 1.29 is 8.42 Å². The zero-order valence-corrected chi connectivity index (χ0v) is 12.7. The number of nitrogens with zero attached hydrogens (tertiary/aromatic N) is 1. The summed E-state index contributed by atoms with van der Waals surface area (Å²) in [6.07, 6.45) is 3.34. The number of sulfonamides is 1. The normalized spacial score (nSPS) is 25.7. The fraction of sp³-hybridized carbons (Fsp3) is 0.600. The molecule has 0 aromatic heterocycles. The average Bonchev–Trinajstić information content (AvgIpc) is 2.38. The monoisotopic (exact) mass is 281 g/mol. The zero-order chi connectivity index (χ0) is 14.0. The molecular weight excluding hydrogens is 258 g/mol. The highest BCUT2D eigenvalue weighted by Crippen LogP contribution is 2.37. The van der Waals surface area contributed by atoms with Gasteiger partial charge in [0.25, 0.3) is 0 Å². The van der Waals surface area contributed by atoms with E-state index in [1.807, 2.05) is 30.3 Å². The highest BCUT2D eigenvalue weighted by atomic mass is 32.2. The summed E-state index contributed by atoms with van der Waals surface area (Å²) in [6, 6.07) is 9.98. The van der Waals surface area contributed by atoms with Crippen molar-refractivity contribution in [2.75, 3.05) is 12.8 Å². The third kappa shape index (κ3) is 3.37. The van der Waals surface area contributed by atoms with Crippen molar-refractivity contribution in [3.8, 4) is 0 Å². The second-order valence-electron chi connectivity index (χ2n) is 5.84. The molecule has 1 aromatic carbocycles. The lowest BCUT2D eigenvalue weighted by Crippen LogP contribution is -2.42. The van der Waals surface area contributed by atoms with E-state index in [0.717, 1.165) is 18.4 Å². The van der Waals surface area contributed by atoms with Crippen LogP contribution in [0.2, 0.25) is 0 Å². The van der Waals surface area contributed by atoms with Crippen LogP contribution < -0.4 is 0 Å². The van der Waals surface area contributed by atoms with Crippen LogP contribution in [0.15, 0.2) is 30.3 Å². The Morgan fingerprint density at radius 1 is 1.16 bits per heavy atom. The Hall–Kier alpha value is -0.870. The van der Waals surface area contributed by atoms with Crippen LogP contribution in [0, 0.1) is 11.8 Å². The Labute approximate surface area is 116 Å². The van der Waals surface area contributed by atoms with Crippen LogP contribution in [0.5, 0.6) is 0 Å². The van der Waals surface area contributed by atoms with Gasteiger partial charge in [0.1, 0.15) is 0 Å². The average molecular weight is 281 g/mol. The van der Waals surface area contributed by atoms with Gasteiger partial charge in [0.2, 0.25) is 10.0 Å². The van der Waals surface area contributed by atoms with Crippen LogP contribution in [0.4, 0.5) is 0 Å². The maximum atomic E-state index is 12.1. The molecule has 1 aromatic rings. The van der Waals surface area contributed by atoms with Gasteiger partial charge in [0, 0.05) is 12.6 Å². The predicted molar refractivity (Wildman–Crippen MR) is 78.3 cm³/mol. The molecule has 1 heterocycles. The van der Waals surface area contributed by atoms with Gasteiger partial charge in [-0.15, -0.1) is 0 Å². The maximum absolute atomic E-state index is 12.1. The van der Waals surface area contributed by atoms with Crippen LogP contribution in [-0.2, 0) is 10.0 Å². The lowest BCUT2D eigenvalue weighted by Gasteiger charge is -2.39. The summed E-state index contributed by atoms with van der Waals surface area (Å²) in [5.41, 5.74) is 1.11. The first-order valence-corrected chi connectivity index (χ1v) is 8.76. The van der Waals surface area contributed by atoms with Crippen molar-refractivity contribution in [1.29, 1.82) is 0 Å². The molecule has 19 heavy (non-hydrogen) atoms. The molecule has 2 rings (SSSR count). The van der Waals surface area contributed by atoms with E-state index < -0.39 is 10.0 Å². The smallest absolute Gasteiger partial charge is 0.211 e. The van der Waals surface area contributed by atoms with E-state index in [0.29, 0.717) is 18.4 Å². The lowest BCUT2D eigenvalue weighted by molar-refractivity contribution is 0.164. The molecule has 0 amide bonds. The van der Waals surface area contributed by atoms with Crippen molar-refractivity contribution in [3.63, 3.8) is 0 Å². The summed E-state index contributed by atoms with van der Waals surface area (Å²) in [7, 11) is -3.16. The van der Waals surface area contributed by atoms with E-state index in [4.69, 9.17) is 0 Å². The van der Waals surface area contributed by atoms with Crippen LogP contribution >= 0.6 is 0 Å². The van der Waals surface area contributed by atoms with Crippen LogP contribution in [0.25, 0.3) is 0 Å². The standard InChI is InChI=1S/C15H23NO2S/c1-12(2)14-9-10-15(13-7-5-4-6-8-13)16(11-14)19(3,17)18/h4-8,12,14-15H,9-11H2,1-3H3. The highest BCUT2D eigenvalue weighted by Gasteiger charge is 2.35. The molecule has 2 atom stereocenters. The van der Waals surface area contributed by atoms with E-state index in [1.54, 1.807) is 4.31 Å². The molecule has 0 aliphatic carbocycles. The summed E-state index contributed by atoms with van der Waals surface area (Å²) in [6.45, 7) is 5.00. The molecule has 0 saturated carbocycles. The molecule has 0 bridgehead atoms. The van der Waals surface area contributed by atoms with Crippen LogP contribution in [0.1, 0.15) is 38.3 Å². The molecular formula is C15H23NO2S. The Kier molecular flexibility index (Phi) is 4.31. The Morgan fingerprint density at radius 3 is 2.32 bits per heavy atom. The first kappa shape index (κ1) is 14.5. The van der Waals surface area contributed by atoms with E-state index in [1.165, 1.54) is 6.26 Å². The van der Waals surface area contributed by atoms with Gasteiger partial charge in [-0.1, -0.05) is 44.2 Å². The van der Waals surface area contributed by atoms with E-state index in [9.17, 15) is 8.42 Å². The van der Waals surface area contributed by atoms with Gasteiger partial charge in [-0.2, -0.15) is 4.31 Å². The molecule has 4 heteroatoms. The first-order valence-electron chi connectivity index (χ1n) is 6.91. The number of rotatable bonds is 3. The van der Waals surface area contributed by atoms with Crippen molar-refractivity contribution >= 4 is 10.0 Å². The second-order valence-corrected chi connectivity index (χ2v) is 7.78. The summed E-state index contributed by atoms with van der Waals surface area (Å²) < 4.78 is 25.8. The predicted octanol–water partition coefficient (Wildman–Crippen LogP) is 3.06. The number of benzene rings is 1. The summed E-state index contributed by atoms with van der Waals surface area (Å²) in [5.74, 6) is 0.996. The van der Waals surface area contributed by atoms with Crippen LogP contribution in [0.3, 0.4) is 0 Å². The van der Waals surface area contributed by atoms with Gasteiger partial charge in [-0.3, -0.25) is 0 Å². The van der Waals surface area contributed by atoms with Crippen molar-refractivity contribution in [3.05, 3.63) is 35.9 Å². The zero-order valence-electron chi connectivity index (χ0n) is 11.9. The van der Waals surface area contributed by atoms with Gasteiger partial charge < -0.3 is 0 Å². The van der Waals surface area contributed by atoms with Gasteiger partial charge in [-0.05, 0) is 30.2 Å². The molecule has 0 spiro atoms. The topological polar surface area (TPSA) is 37.4 Å². The Bertz CT molecular complexity index is 510. The van der Waals surface area contributed by atoms with Crippen molar-refractivity contribution in [1.82, 2.24) is 4.31 Å². The third-order valence-corrected chi connectivity index (χ3v) is 5.38. The number of hydrogen-bond acceptors (Lipinski definition) is 2. The molecule has 1 fully saturated rings. The minimum absolute atomic E-state index is 0.00574. The van der Waals surface area contributed by atoms with Crippen molar-refractivity contribution in [2.45, 2.75) is 32.7 Å². The number of hydrogen-bond donors (Lipinski definition) is 0. The van der Waals surface area contributed by atoms with Gasteiger partial charge in [-0.25, -0.2) is 8.42 Å². The lowest BCUT2D eigenvalue weighted by atomic mass is 9.84. The fourth-order valence-corrected chi connectivity index (χ4v) is 4.04. The molecule has 1 aliphatic rings. The highest BCUT2D eigenvalue weighted by molar-refractivity contribution is 7.88. The SMILES string of the molecule is CC(C)C1CCC(c2ccccc2)N(S(C)(=O)=O)C1. The second kappa shape index (κ2) is 5.63. The summed E-state index contributed by atoms with van der Waals surface area (Å²) >= 11 is 0. The van der Waals surface area contributed by atoms with Crippen LogP contribution in [-0.4, -0.2) is 25.5 Å². The molecule has 1 saturated heterocycles. The molecule has 0 radical (unpaired) electrons. The quantitative estimate of drug-likeness (QED) is 0.854. The minimum atomic E-state index is -3.16. The Balaban J connectivity index is 2.29. The van der Waals surface area contributed by atoms with Crippen molar-refractivity contribution in [2.24, 2.45) is 11.8 Å². The van der Waals surface area contributed by atoms with E-state index in [2.05, 4.69) is 13.8 Å². The summed E-state index contributed by atoms with van der Waals surface area (Å²) in [5, 5.41) is 0. The molecule has 2 unspecified atom stereocenters. The van der Waals surface area contributed by atoms with E-state index in [-0.39, 0.29) is 6.04 Å². The summed E-state index contributed by atoms with van der Waals surface area (Å²) in [4.78, 5) is 0. The van der Waals surface area contributed by atoms with Gasteiger partial charge >= 0.3 is 0 Å². The van der Waals surface area contributed by atoms with Gasteiger partial charge in [0.05, 0.1) is 6.26 Å². The van der Waals surface area contributed by atoms with E-state index >= 15 is 0 Å². The first-order chi connectivity index (χ1) is 8.89. The fourth-order valence-electron chi connectivity index (χ4n) is 2.88. The van der Waals surface area contributed by atoms with Gasteiger partial charge in [0.15, 0.2) is 0 Å². The molecule has 1 aliphatic heterocycles. The molecule has 0 N–H and O–H groups in total. The maximum Gasteiger partial charge on any atom is 0.211 e. The molecule has 106 valence electrons. The minimum Gasteiger partial charge on any atom is -0.212 e. The number of piperidine rings is 1. The third-order valence-electron chi connectivity index (χ3n) is 4.13. The largest absolute Gasteiger partial charge is 0.212 e.